The van der Waals surface area contributed by atoms with Crippen molar-refractivity contribution in [1.29, 1.82) is 0 Å². The molecule has 8 nitrogen and oxygen atoms in total. The lowest BCUT2D eigenvalue weighted by atomic mass is 9.95. The predicted molar refractivity (Wildman–Crippen MR) is 124 cm³/mol. The number of hydrogen-bond donors (Lipinski definition) is 2. The number of rotatable bonds is 7. The molecule has 0 unspecified atom stereocenters. The smallest absolute Gasteiger partial charge is 0.227 e. The molecule has 3 aromatic rings. The number of amides is 1. The molecule has 1 fully saturated rings. The summed E-state index contributed by atoms with van der Waals surface area (Å²) in [5.41, 5.74) is 3.90. The van der Waals surface area contributed by atoms with Gasteiger partial charge < -0.3 is 24.5 Å². The molecule has 1 amide bonds. The molecule has 0 saturated carbocycles. The van der Waals surface area contributed by atoms with Gasteiger partial charge in [-0.05, 0) is 50.6 Å². The molecule has 2 aromatic carbocycles. The van der Waals surface area contributed by atoms with Gasteiger partial charge in [0.25, 0.3) is 0 Å². The molecule has 0 bridgehead atoms. The van der Waals surface area contributed by atoms with Gasteiger partial charge in [-0.1, -0.05) is 6.07 Å². The number of nitrogens with zero attached hydrogens (tertiary/aromatic N) is 2. The second kappa shape index (κ2) is 9.48. The van der Waals surface area contributed by atoms with Crippen molar-refractivity contribution in [2.45, 2.75) is 26.3 Å². The maximum atomic E-state index is 12.9. The largest absolute Gasteiger partial charge is 0.493 e. The molecule has 170 valence electrons. The van der Waals surface area contributed by atoms with Crippen LogP contribution in [0.5, 0.6) is 17.2 Å². The summed E-state index contributed by atoms with van der Waals surface area (Å²) in [6.45, 7) is 4.54. The second-order valence-corrected chi connectivity index (χ2v) is 8.16. The predicted octanol–water partition coefficient (Wildman–Crippen LogP) is 3.75. The van der Waals surface area contributed by atoms with Crippen LogP contribution in [-0.4, -0.2) is 55.2 Å². The molecular weight excluding hydrogens is 408 g/mol. The molecular formula is C24H30N4O4. The van der Waals surface area contributed by atoms with Crippen molar-refractivity contribution in [1.82, 2.24) is 14.9 Å². The van der Waals surface area contributed by atoms with Crippen molar-refractivity contribution in [2.24, 2.45) is 5.92 Å². The first-order chi connectivity index (χ1) is 15.5. The van der Waals surface area contributed by atoms with Gasteiger partial charge in [0.1, 0.15) is 5.82 Å². The Kier molecular flexibility index (Phi) is 6.50. The second-order valence-electron chi connectivity index (χ2n) is 8.16. The number of carbonyl (C=O) groups is 1. The van der Waals surface area contributed by atoms with E-state index in [0.717, 1.165) is 49.3 Å². The van der Waals surface area contributed by atoms with Crippen molar-refractivity contribution < 1.29 is 19.0 Å². The number of hydrogen-bond acceptors (Lipinski definition) is 6. The minimum absolute atomic E-state index is 0.0122. The molecule has 1 aromatic heterocycles. The number of benzene rings is 2. The average molecular weight is 439 g/mol. The van der Waals surface area contributed by atoms with Gasteiger partial charge in [-0.2, -0.15) is 0 Å². The van der Waals surface area contributed by atoms with Gasteiger partial charge in [-0.25, -0.2) is 4.98 Å². The Morgan fingerprint density at radius 1 is 1.09 bits per heavy atom. The van der Waals surface area contributed by atoms with Crippen LogP contribution in [0.25, 0.3) is 11.0 Å². The fourth-order valence-electron chi connectivity index (χ4n) is 4.21. The van der Waals surface area contributed by atoms with Gasteiger partial charge in [-0.3, -0.25) is 9.69 Å². The van der Waals surface area contributed by atoms with Gasteiger partial charge >= 0.3 is 0 Å². The first-order valence-electron chi connectivity index (χ1n) is 10.8. The summed E-state index contributed by atoms with van der Waals surface area (Å²) in [5.74, 6) is 2.46. The number of piperidine rings is 1. The Hall–Kier alpha value is -3.26. The average Bonchev–Trinajstić information content (AvgIpc) is 3.19. The number of aromatic nitrogens is 2. The summed E-state index contributed by atoms with van der Waals surface area (Å²) in [4.78, 5) is 23.3. The van der Waals surface area contributed by atoms with E-state index in [1.165, 1.54) is 5.56 Å². The highest BCUT2D eigenvalue weighted by Crippen LogP contribution is 2.40. The van der Waals surface area contributed by atoms with Gasteiger partial charge in [0.2, 0.25) is 11.7 Å². The number of likely N-dealkylation sites (tertiary alicyclic amines) is 1. The number of methoxy groups -OCH3 is 3. The SMILES string of the molecule is COc1cc(NC(=O)C2CCN(Cc3nc4ccc(C)cc4[nH]3)CC2)cc(OC)c1OC. The number of imidazole rings is 1. The maximum absolute atomic E-state index is 12.9. The van der Waals surface area contributed by atoms with Crippen LogP contribution in [0.2, 0.25) is 0 Å². The molecule has 1 aliphatic rings. The van der Waals surface area contributed by atoms with E-state index in [4.69, 9.17) is 19.2 Å². The van der Waals surface area contributed by atoms with Gasteiger partial charge in [-0.15, -0.1) is 0 Å². The lowest BCUT2D eigenvalue weighted by molar-refractivity contribution is -0.121. The van der Waals surface area contributed by atoms with E-state index >= 15 is 0 Å². The molecule has 2 N–H and O–H groups in total. The number of ether oxygens (including phenoxy) is 3. The molecule has 0 atom stereocenters. The zero-order valence-corrected chi connectivity index (χ0v) is 19.0. The van der Waals surface area contributed by atoms with E-state index in [1.807, 2.05) is 6.07 Å². The van der Waals surface area contributed by atoms with Crippen molar-refractivity contribution in [3.8, 4) is 17.2 Å². The Bertz CT molecular complexity index is 1080. The number of nitrogens with one attached hydrogen (secondary N) is 2. The van der Waals surface area contributed by atoms with Crippen LogP contribution in [-0.2, 0) is 11.3 Å². The number of fused-ring (bicyclic) bond motifs is 1. The summed E-state index contributed by atoms with van der Waals surface area (Å²) in [7, 11) is 4.67. The van der Waals surface area contributed by atoms with Crippen LogP contribution in [0.3, 0.4) is 0 Å². The van der Waals surface area contributed by atoms with Crippen LogP contribution in [0.15, 0.2) is 30.3 Å². The van der Waals surface area contributed by atoms with Gasteiger partial charge in [0, 0.05) is 23.7 Å². The van der Waals surface area contributed by atoms with E-state index in [-0.39, 0.29) is 11.8 Å². The summed E-state index contributed by atoms with van der Waals surface area (Å²) in [6.07, 6.45) is 1.60. The van der Waals surface area contributed by atoms with Crippen LogP contribution < -0.4 is 19.5 Å². The number of anilines is 1. The minimum atomic E-state index is -0.0383. The molecule has 4 rings (SSSR count). The summed E-state index contributed by atoms with van der Waals surface area (Å²) in [5, 5.41) is 3.01. The monoisotopic (exact) mass is 438 g/mol. The van der Waals surface area contributed by atoms with Crippen LogP contribution in [0, 0.1) is 12.8 Å². The number of aryl methyl sites for hydroxylation is 1. The van der Waals surface area contributed by atoms with Crippen molar-refractivity contribution in [3.63, 3.8) is 0 Å². The fourth-order valence-corrected chi connectivity index (χ4v) is 4.21. The maximum Gasteiger partial charge on any atom is 0.227 e. The summed E-state index contributed by atoms with van der Waals surface area (Å²) >= 11 is 0. The third-order valence-corrected chi connectivity index (χ3v) is 5.95. The normalized spacial score (nSPS) is 15.0. The first kappa shape index (κ1) is 22.0. The van der Waals surface area contributed by atoms with Crippen LogP contribution in [0.4, 0.5) is 5.69 Å². The summed E-state index contributed by atoms with van der Waals surface area (Å²) < 4.78 is 16.1. The Morgan fingerprint density at radius 2 is 1.78 bits per heavy atom. The van der Waals surface area contributed by atoms with Crippen molar-refractivity contribution in [2.75, 3.05) is 39.7 Å². The lowest BCUT2D eigenvalue weighted by Crippen LogP contribution is -2.38. The third-order valence-electron chi connectivity index (χ3n) is 5.95. The van der Waals surface area contributed by atoms with Gasteiger partial charge in [0.05, 0.1) is 38.9 Å². The van der Waals surface area contributed by atoms with E-state index in [9.17, 15) is 4.79 Å². The molecule has 32 heavy (non-hydrogen) atoms. The van der Waals surface area contributed by atoms with Crippen molar-refractivity contribution >= 4 is 22.6 Å². The van der Waals surface area contributed by atoms with E-state index in [1.54, 1.807) is 33.5 Å². The topological polar surface area (TPSA) is 88.7 Å². The number of aromatic amines is 1. The molecule has 8 heteroatoms. The molecule has 2 heterocycles. The highest BCUT2D eigenvalue weighted by atomic mass is 16.5. The lowest BCUT2D eigenvalue weighted by Gasteiger charge is -2.30. The summed E-state index contributed by atoms with van der Waals surface area (Å²) in [6, 6.07) is 9.73. The zero-order valence-electron chi connectivity index (χ0n) is 19.0. The molecule has 0 spiro atoms. The number of H-pyrrole nitrogens is 1. The van der Waals surface area contributed by atoms with E-state index in [2.05, 4.69) is 34.3 Å². The fraction of sp³-hybridized carbons (Fsp3) is 0.417. The minimum Gasteiger partial charge on any atom is -0.493 e. The Balaban J connectivity index is 1.35. The molecule has 0 aliphatic carbocycles. The Morgan fingerprint density at radius 3 is 2.41 bits per heavy atom. The Labute approximate surface area is 187 Å². The van der Waals surface area contributed by atoms with Crippen LogP contribution in [0.1, 0.15) is 24.2 Å². The molecule has 1 aliphatic heterocycles. The van der Waals surface area contributed by atoms with E-state index < -0.39 is 0 Å². The highest BCUT2D eigenvalue weighted by Gasteiger charge is 2.26. The standard InChI is InChI=1S/C24H30N4O4/c1-15-5-6-18-19(11-15)27-22(26-18)14-28-9-7-16(8-10-28)24(29)25-17-12-20(30-2)23(32-4)21(13-17)31-3/h5-6,11-13,16H,7-10,14H2,1-4H3,(H,25,29)(H,26,27). The van der Waals surface area contributed by atoms with Gasteiger partial charge in [0.15, 0.2) is 11.5 Å². The third kappa shape index (κ3) is 4.65. The zero-order chi connectivity index (χ0) is 22.7. The first-order valence-corrected chi connectivity index (χ1v) is 10.8. The van der Waals surface area contributed by atoms with E-state index in [0.29, 0.717) is 22.9 Å². The van der Waals surface area contributed by atoms with Crippen LogP contribution >= 0.6 is 0 Å². The molecule has 1 saturated heterocycles. The molecule has 0 radical (unpaired) electrons. The highest BCUT2D eigenvalue weighted by molar-refractivity contribution is 5.93. The quantitative estimate of drug-likeness (QED) is 0.584. The van der Waals surface area contributed by atoms with Crippen molar-refractivity contribution in [3.05, 3.63) is 41.7 Å². The number of carbonyl (C=O) groups excluding carboxylic acids is 1.